The topological polar surface area (TPSA) is 65.8 Å². The standard InChI is InChI=1S/C16H14ClN3O/c17-15-8-12(11-5-1-2-6-14(11)19-15)16(21)20-13-7-3-4-10(13)9-18/h1-2,5-6,8,10,13H,3-4,7H2,(H,20,21). The van der Waals surface area contributed by atoms with Gasteiger partial charge in [0, 0.05) is 11.4 Å². The number of rotatable bonds is 2. The number of carbonyl (C=O) groups is 1. The Balaban J connectivity index is 1.93. The Hall–Kier alpha value is -2.12. The van der Waals surface area contributed by atoms with Crippen molar-refractivity contribution in [3.05, 3.63) is 41.0 Å². The van der Waals surface area contributed by atoms with Crippen molar-refractivity contribution < 1.29 is 4.79 Å². The van der Waals surface area contributed by atoms with E-state index in [-0.39, 0.29) is 17.9 Å². The van der Waals surface area contributed by atoms with Gasteiger partial charge in [-0.2, -0.15) is 5.26 Å². The normalized spacial score (nSPS) is 21.1. The molecule has 3 rings (SSSR count). The maximum Gasteiger partial charge on any atom is 0.252 e. The summed E-state index contributed by atoms with van der Waals surface area (Å²) in [7, 11) is 0. The molecule has 0 aliphatic heterocycles. The molecule has 2 unspecified atom stereocenters. The quantitative estimate of drug-likeness (QED) is 0.865. The molecule has 0 radical (unpaired) electrons. The first kappa shape index (κ1) is 13.8. The molecule has 21 heavy (non-hydrogen) atoms. The highest BCUT2D eigenvalue weighted by Crippen LogP contribution is 2.26. The Bertz CT molecular complexity index is 738. The lowest BCUT2D eigenvalue weighted by molar-refractivity contribution is 0.0934. The number of nitrogens with zero attached hydrogens (tertiary/aromatic N) is 2. The van der Waals surface area contributed by atoms with E-state index in [2.05, 4.69) is 16.4 Å². The van der Waals surface area contributed by atoms with Crippen LogP contribution in [0.4, 0.5) is 0 Å². The van der Waals surface area contributed by atoms with E-state index < -0.39 is 0 Å². The predicted octanol–water partition coefficient (Wildman–Crippen LogP) is 3.31. The summed E-state index contributed by atoms with van der Waals surface area (Å²) in [6.07, 6.45) is 2.67. The number of para-hydroxylation sites is 1. The second-order valence-corrected chi connectivity index (χ2v) is 5.64. The van der Waals surface area contributed by atoms with Crippen molar-refractivity contribution in [1.82, 2.24) is 10.3 Å². The van der Waals surface area contributed by atoms with E-state index in [9.17, 15) is 4.79 Å². The first-order valence-corrected chi connectivity index (χ1v) is 7.32. The van der Waals surface area contributed by atoms with Crippen molar-refractivity contribution in [3.8, 4) is 6.07 Å². The average Bonchev–Trinajstić information content (AvgIpc) is 2.93. The number of carbonyl (C=O) groups excluding carboxylic acids is 1. The Labute approximate surface area is 127 Å². The summed E-state index contributed by atoms with van der Waals surface area (Å²) in [5, 5.41) is 13.1. The summed E-state index contributed by atoms with van der Waals surface area (Å²) in [5.74, 6) is -0.292. The number of halogens is 1. The molecule has 1 aliphatic carbocycles. The van der Waals surface area contributed by atoms with Crippen LogP contribution in [0.2, 0.25) is 5.15 Å². The molecule has 1 saturated carbocycles. The number of hydrogen-bond acceptors (Lipinski definition) is 3. The second-order valence-electron chi connectivity index (χ2n) is 5.26. The first-order chi connectivity index (χ1) is 10.2. The van der Waals surface area contributed by atoms with Crippen LogP contribution in [0.1, 0.15) is 29.6 Å². The summed E-state index contributed by atoms with van der Waals surface area (Å²) >= 11 is 6.00. The van der Waals surface area contributed by atoms with E-state index in [4.69, 9.17) is 16.9 Å². The van der Waals surface area contributed by atoms with E-state index in [1.165, 1.54) is 0 Å². The van der Waals surface area contributed by atoms with E-state index in [0.717, 1.165) is 24.6 Å². The lowest BCUT2D eigenvalue weighted by Gasteiger charge is -2.16. The van der Waals surface area contributed by atoms with Gasteiger partial charge >= 0.3 is 0 Å². The van der Waals surface area contributed by atoms with Crippen LogP contribution in [-0.4, -0.2) is 16.9 Å². The van der Waals surface area contributed by atoms with Gasteiger partial charge < -0.3 is 5.32 Å². The highest BCUT2D eigenvalue weighted by atomic mass is 35.5. The summed E-state index contributed by atoms with van der Waals surface area (Å²) in [4.78, 5) is 16.7. The molecular weight excluding hydrogens is 286 g/mol. The molecule has 0 saturated heterocycles. The van der Waals surface area contributed by atoms with Crippen LogP contribution >= 0.6 is 11.6 Å². The third kappa shape index (κ3) is 2.70. The molecule has 1 aromatic carbocycles. The zero-order chi connectivity index (χ0) is 14.8. The van der Waals surface area contributed by atoms with Crippen molar-refractivity contribution in [2.24, 2.45) is 5.92 Å². The Kier molecular flexibility index (Phi) is 3.76. The van der Waals surface area contributed by atoms with Crippen LogP contribution in [0.3, 0.4) is 0 Å². The van der Waals surface area contributed by atoms with Gasteiger partial charge in [-0.3, -0.25) is 4.79 Å². The largest absolute Gasteiger partial charge is 0.348 e. The molecule has 5 heteroatoms. The van der Waals surface area contributed by atoms with Crippen LogP contribution in [0.25, 0.3) is 10.9 Å². The van der Waals surface area contributed by atoms with Gasteiger partial charge in [-0.1, -0.05) is 29.8 Å². The van der Waals surface area contributed by atoms with Crippen LogP contribution in [-0.2, 0) is 0 Å². The molecule has 4 nitrogen and oxygen atoms in total. The second kappa shape index (κ2) is 5.71. The lowest BCUT2D eigenvalue weighted by atomic mass is 10.0. The third-order valence-corrected chi connectivity index (χ3v) is 4.12. The van der Waals surface area contributed by atoms with E-state index >= 15 is 0 Å². The smallest absolute Gasteiger partial charge is 0.252 e. The number of nitrogens with one attached hydrogen (secondary N) is 1. The fraction of sp³-hybridized carbons (Fsp3) is 0.312. The molecule has 2 atom stereocenters. The van der Waals surface area contributed by atoms with Gasteiger partial charge in [0.2, 0.25) is 0 Å². The van der Waals surface area contributed by atoms with Crippen molar-refractivity contribution in [2.75, 3.05) is 0 Å². The fourth-order valence-corrected chi connectivity index (χ4v) is 3.06. The van der Waals surface area contributed by atoms with Crippen molar-refractivity contribution >= 4 is 28.4 Å². The van der Waals surface area contributed by atoms with Crippen LogP contribution in [0.5, 0.6) is 0 Å². The number of fused-ring (bicyclic) bond motifs is 1. The van der Waals surface area contributed by atoms with Gasteiger partial charge in [0.1, 0.15) is 5.15 Å². The zero-order valence-electron chi connectivity index (χ0n) is 11.3. The highest BCUT2D eigenvalue weighted by Gasteiger charge is 2.29. The van der Waals surface area contributed by atoms with Gasteiger partial charge in [-0.05, 0) is 31.4 Å². The van der Waals surface area contributed by atoms with Gasteiger partial charge in [0.05, 0.1) is 23.1 Å². The lowest BCUT2D eigenvalue weighted by Crippen LogP contribution is -2.37. The van der Waals surface area contributed by atoms with Crippen LogP contribution in [0, 0.1) is 17.2 Å². The Morgan fingerprint density at radius 1 is 1.38 bits per heavy atom. The molecule has 1 heterocycles. The van der Waals surface area contributed by atoms with Gasteiger partial charge in [-0.25, -0.2) is 4.98 Å². The zero-order valence-corrected chi connectivity index (χ0v) is 12.1. The SMILES string of the molecule is N#CC1CCCC1NC(=O)c1cc(Cl)nc2ccccc12. The number of aromatic nitrogens is 1. The minimum Gasteiger partial charge on any atom is -0.348 e. The highest BCUT2D eigenvalue weighted by molar-refractivity contribution is 6.30. The van der Waals surface area contributed by atoms with E-state index in [1.807, 2.05) is 24.3 Å². The number of amides is 1. The molecule has 1 amide bonds. The molecule has 0 bridgehead atoms. The Morgan fingerprint density at radius 2 is 2.19 bits per heavy atom. The predicted molar refractivity (Wildman–Crippen MR) is 81.0 cm³/mol. The maximum absolute atomic E-state index is 12.5. The summed E-state index contributed by atoms with van der Waals surface area (Å²) in [5.41, 5.74) is 1.20. The minimum absolute atomic E-state index is 0.0757. The molecule has 1 N–H and O–H groups in total. The van der Waals surface area contributed by atoms with Crippen LogP contribution < -0.4 is 5.32 Å². The fourth-order valence-electron chi connectivity index (χ4n) is 2.86. The van der Waals surface area contributed by atoms with Gasteiger partial charge in [0.15, 0.2) is 0 Å². The van der Waals surface area contributed by atoms with E-state index in [0.29, 0.717) is 16.2 Å². The number of benzene rings is 1. The molecule has 2 aromatic rings. The minimum atomic E-state index is -0.192. The van der Waals surface area contributed by atoms with Gasteiger partial charge in [-0.15, -0.1) is 0 Å². The maximum atomic E-state index is 12.5. The molecule has 1 aliphatic rings. The monoisotopic (exact) mass is 299 g/mol. The first-order valence-electron chi connectivity index (χ1n) is 6.95. The van der Waals surface area contributed by atoms with Crippen molar-refractivity contribution in [3.63, 3.8) is 0 Å². The Morgan fingerprint density at radius 3 is 3.00 bits per heavy atom. The number of pyridine rings is 1. The van der Waals surface area contributed by atoms with Crippen molar-refractivity contribution in [1.29, 1.82) is 5.26 Å². The third-order valence-electron chi connectivity index (χ3n) is 3.93. The number of nitriles is 1. The molecule has 0 spiro atoms. The van der Waals surface area contributed by atoms with E-state index in [1.54, 1.807) is 6.07 Å². The molecule has 106 valence electrons. The summed E-state index contributed by atoms with van der Waals surface area (Å²) in [6.45, 7) is 0. The van der Waals surface area contributed by atoms with Gasteiger partial charge in [0.25, 0.3) is 5.91 Å². The average molecular weight is 300 g/mol. The molecule has 1 fully saturated rings. The number of hydrogen-bond donors (Lipinski definition) is 1. The molecular formula is C16H14ClN3O. The molecule has 1 aromatic heterocycles. The summed E-state index contributed by atoms with van der Waals surface area (Å²) < 4.78 is 0. The van der Waals surface area contributed by atoms with Crippen molar-refractivity contribution in [2.45, 2.75) is 25.3 Å². The summed E-state index contributed by atoms with van der Waals surface area (Å²) in [6, 6.07) is 11.2. The van der Waals surface area contributed by atoms with Crippen LogP contribution in [0.15, 0.2) is 30.3 Å².